The Hall–Kier alpha value is -1.05. The van der Waals surface area contributed by atoms with Crippen LogP contribution in [-0.4, -0.2) is 12.5 Å². The van der Waals surface area contributed by atoms with Gasteiger partial charge >= 0.3 is 0 Å². The highest BCUT2D eigenvalue weighted by atomic mass is 16.1. The maximum absolute atomic E-state index is 10.8. The smallest absolute Gasteiger partial charge is 0.217 e. The summed E-state index contributed by atoms with van der Waals surface area (Å²) in [5.74, 6) is 1.18. The molecule has 1 rings (SSSR count). The van der Waals surface area contributed by atoms with Crippen molar-refractivity contribution in [2.75, 3.05) is 6.54 Å². The molecule has 1 aliphatic rings. The minimum atomic E-state index is 0.0323. The lowest BCUT2D eigenvalue weighted by Crippen LogP contribution is -2.32. The van der Waals surface area contributed by atoms with Crippen molar-refractivity contribution >= 4 is 5.91 Å². The zero-order valence-corrected chi connectivity index (χ0v) is 11.7. The molecule has 2 atom stereocenters. The summed E-state index contributed by atoms with van der Waals surface area (Å²) < 4.78 is 0. The molecule has 1 aliphatic carbocycles. The molecule has 1 N–H and O–H groups in total. The number of carbonyl (C=O) groups excluding carboxylic acids is 1. The lowest BCUT2D eigenvalue weighted by molar-refractivity contribution is -0.118. The van der Waals surface area contributed by atoms with Gasteiger partial charge in [0.2, 0.25) is 5.91 Å². The average Bonchev–Trinajstić information content (AvgIpc) is 2.15. The molecule has 96 valence electrons. The van der Waals surface area contributed by atoms with Gasteiger partial charge in [0.15, 0.2) is 0 Å². The number of rotatable bonds is 3. The number of nitrogens with one attached hydrogen (secondary N) is 1. The Morgan fingerprint density at radius 2 is 2.12 bits per heavy atom. The van der Waals surface area contributed by atoms with Gasteiger partial charge in [-0.1, -0.05) is 44.6 Å². The first-order valence-electron chi connectivity index (χ1n) is 6.42. The van der Waals surface area contributed by atoms with E-state index in [1.165, 1.54) is 5.57 Å². The molecule has 0 bridgehead atoms. The third-order valence-corrected chi connectivity index (χ3v) is 3.72. The Morgan fingerprint density at radius 1 is 1.47 bits per heavy atom. The molecule has 1 amide bonds. The third-order valence-electron chi connectivity index (χ3n) is 3.72. The van der Waals surface area contributed by atoms with Gasteiger partial charge in [-0.05, 0) is 30.6 Å². The topological polar surface area (TPSA) is 29.1 Å². The summed E-state index contributed by atoms with van der Waals surface area (Å²) in [4.78, 5) is 10.8. The molecule has 0 spiro atoms. The van der Waals surface area contributed by atoms with E-state index < -0.39 is 0 Å². The van der Waals surface area contributed by atoms with Crippen LogP contribution in [0.15, 0.2) is 23.8 Å². The molecule has 0 fully saturated rings. The Kier molecular flexibility index (Phi) is 4.55. The Labute approximate surface area is 105 Å². The lowest BCUT2D eigenvalue weighted by atomic mass is 9.64. The maximum atomic E-state index is 10.8. The molecular weight excluding hydrogens is 210 g/mol. The first-order chi connectivity index (χ1) is 7.84. The fourth-order valence-electron chi connectivity index (χ4n) is 3.05. The summed E-state index contributed by atoms with van der Waals surface area (Å²) in [7, 11) is 0. The van der Waals surface area contributed by atoms with E-state index in [4.69, 9.17) is 0 Å². The van der Waals surface area contributed by atoms with Gasteiger partial charge in [0, 0.05) is 13.5 Å². The van der Waals surface area contributed by atoms with Crippen molar-refractivity contribution in [3.63, 3.8) is 0 Å². The Balaban J connectivity index is 2.75. The molecule has 0 saturated heterocycles. The van der Waals surface area contributed by atoms with E-state index in [-0.39, 0.29) is 5.91 Å². The minimum Gasteiger partial charge on any atom is -0.353 e. The number of allylic oxidation sites excluding steroid dienone is 3. The fourth-order valence-corrected chi connectivity index (χ4v) is 3.05. The van der Waals surface area contributed by atoms with Crippen LogP contribution in [0.5, 0.6) is 0 Å². The second kappa shape index (κ2) is 5.52. The van der Waals surface area contributed by atoms with Gasteiger partial charge in [-0.25, -0.2) is 0 Å². The Bertz CT molecular complexity index is 339. The quantitative estimate of drug-likeness (QED) is 0.747. The van der Waals surface area contributed by atoms with E-state index >= 15 is 0 Å². The van der Waals surface area contributed by atoms with Gasteiger partial charge < -0.3 is 5.32 Å². The minimum absolute atomic E-state index is 0.0323. The van der Waals surface area contributed by atoms with Crippen molar-refractivity contribution in [1.82, 2.24) is 5.32 Å². The van der Waals surface area contributed by atoms with E-state index in [1.54, 1.807) is 6.92 Å². The molecule has 2 unspecified atom stereocenters. The van der Waals surface area contributed by atoms with Crippen LogP contribution in [0.25, 0.3) is 0 Å². The summed E-state index contributed by atoms with van der Waals surface area (Å²) in [6, 6.07) is 0. The van der Waals surface area contributed by atoms with Crippen molar-refractivity contribution in [2.24, 2.45) is 17.3 Å². The van der Waals surface area contributed by atoms with Gasteiger partial charge in [-0.15, -0.1) is 0 Å². The van der Waals surface area contributed by atoms with Crippen LogP contribution in [0.2, 0.25) is 0 Å². The molecule has 0 aromatic heterocycles. The van der Waals surface area contributed by atoms with Crippen molar-refractivity contribution in [3.05, 3.63) is 23.8 Å². The summed E-state index contributed by atoms with van der Waals surface area (Å²) >= 11 is 0. The predicted octanol–water partition coefficient (Wildman–Crippen LogP) is 3.31. The third kappa shape index (κ3) is 3.72. The zero-order chi connectivity index (χ0) is 13.1. The summed E-state index contributed by atoms with van der Waals surface area (Å²) in [6.45, 7) is 11.3. The van der Waals surface area contributed by atoms with Crippen LogP contribution < -0.4 is 5.32 Å². The molecule has 2 nitrogen and oxygen atoms in total. The normalized spacial score (nSPS) is 27.9. The van der Waals surface area contributed by atoms with Crippen LogP contribution in [0.4, 0.5) is 0 Å². The van der Waals surface area contributed by atoms with E-state index in [2.05, 4.69) is 51.2 Å². The van der Waals surface area contributed by atoms with Crippen LogP contribution in [-0.2, 0) is 4.79 Å². The molecule has 2 heteroatoms. The highest BCUT2D eigenvalue weighted by Gasteiger charge is 2.35. The SMILES string of the molecule is CC(=O)NC/C=C(\C)C1C(C)C=CCC1(C)C. The molecule has 0 aromatic rings. The average molecular weight is 235 g/mol. The van der Waals surface area contributed by atoms with Crippen molar-refractivity contribution in [2.45, 2.75) is 41.0 Å². The molecule has 0 aromatic carbocycles. The van der Waals surface area contributed by atoms with Gasteiger partial charge in [0.05, 0.1) is 0 Å². The van der Waals surface area contributed by atoms with Gasteiger partial charge in [-0.2, -0.15) is 0 Å². The number of hydrogen-bond donors (Lipinski definition) is 1. The monoisotopic (exact) mass is 235 g/mol. The summed E-state index contributed by atoms with van der Waals surface area (Å²) in [5.41, 5.74) is 1.70. The zero-order valence-electron chi connectivity index (χ0n) is 11.7. The van der Waals surface area contributed by atoms with E-state index in [0.717, 1.165) is 6.42 Å². The first kappa shape index (κ1) is 14.0. The van der Waals surface area contributed by atoms with Crippen LogP contribution in [0.3, 0.4) is 0 Å². The van der Waals surface area contributed by atoms with Crippen molar-refractivity contribution in [1.29, 1.82) is 0 Å². The van der Waals surface area contributed by atoms with Gasteiger partial charge in [0.25, 0.3) is 0 Å². The van der Waals surface area contributed by atoms with E-state index in [0.29, 0.717) is 23.8 Å². The van der Waals surface area contributed by atoms with E-state index in [1.807, 2.05) is 0 Å². The van der Waals surface area contributed by atoms with Crippen LogP contribution >= 0.6 is 0 Å². The highest BCUT2D eigenvalue weighted by Crippen LogP contribution is 2.44. The molecule has 0 aliphatic heterocycles. The number of hydrogen-bond acceptors (Lipinski definition) is 1. The highest BCUT2D eigenvalue weighted by molar-refractivity contribution is 5.72. The van der Waals surface area contributed by atoms with Crippen LogP contribution in [0.1, 0.15) is 41.0 Å². The van der Waals surface area contributed by atoms with E-state index in [9.17, 15) is 4.79 Å². The maximum Gasteiger partial charge on any atom is 0.217 e. The molecule has 17 heavy (non-hydrogen) atoms. The van der Waals surface area contributed by atoms with Gasteiger partial charge in [0.1, 0.15) is 0 Å². The number of amides is 1. The second-order valence-electron chi connectivity index (χ2n) is 5.84. The molecular formula is C15H25NO. The Morgan fingerprint density at radius 3 is 2.65 bits per heavy atom. The molecule has 0 radical (unpaired) electrons. The second-order valence-corrected chi connectivity index (χ2v) is 5.84. The van der Waals surface area contributed by atoms with Gasteiger partial charge in [-0.3, -0.25) is 4.79 Å². The molecule has 0 heterocycles. The largest absolute Gasteiger partial charge is 0.353 e. The lowest BCUT2D eigenvalue weighted by Gasteiger charge is -2.40. The fraction of sp³-hybridized carbons (Fsp3) is 0.667. The van der Waals surface area contributed by atoms with Crippen LogP contribution in [0, 0.1) is 17.3 Å². The summed E-state index contributed by atoms with van der Waals surface area (Å²) in [6.07, 6.45) is 7.89. The van der Waals surface area contributed by atoms with Crippen molar-refractivity contribution in [3.8, 4) is 0 Å². The van der Waals surface area contributed by atoms with Crippen molar-refractivity contribution < 1.29 is 4.79 Å². The summed E-state index contributed by atoms with van der Waals surface area (Å²) in [5, 5.41) is 2.82. The number of carbonyl (C=O) groups is 1. The predicted molar refractivity (Wildman–Crippen MR) is 72.6 cm³/mol. The first-order valence-corrected chi connectivity index (χ1v) is 6.42. The molecule has 0 saturated carbocycles. The standard InChI is InChI=1S/C15H25NO/c1-11-7-6-9-15(4,5)14(11)12(2)8-10-16-13(3)17/h6-8,11,14H,9-10H2,1-5H3,(H,16,17)/b12-8+.